The summed E-state index contributed by atoms with van der Waals surface area (Å²) in [5.41, 5.74) is 0.684. The molecule has 0 saturated heterocycles. The van der Waals surface area contributed by atoms with E-state index in [0.717, 1.165) is 9.37 Å². The molecule has 2 aromatic carbocycles. The van der Waals surface area contributed by atoms with E-state index < -0.39 is 0 Å². The van der Waals surface area contributed by atoms with Crippen molar-refractivity contribution >= 4 is 39.3 Å². The maximum absolute atomic E-state index is 12.0. The van der Waals surface area contributed by atoms with Crippen molar-refractivity contribution in [1.82, 2.24) is 0 Å². The molecule has 1 N–H and O–H groups in total. The Bertz CT molecular complexity index is 701. The summed E-state index contributed by atoms with van der Waals surface area (Å²) >= 11 is 4.74. The van der Waals surface area contributed by atoms with Crippen molar-refractivity contribution in [3.8, 4) is 11.8 Å². The monoisotopic (exact) mass is 376 g/mol. The topological polar surface area (TPSA) is 62.1 Å². The number of hydrogen-bond donors (Lipinski definition) is 1. The minimum absolute atomic E-state index is 0.0835. The second-order valence-corrected chi connectivity index (χ2v) is 6.08. The highest BCUT2D eigenvalue weighted by Gasteiger charge is 2.08. The van der Waals surface area contributed by atoms with E-state index >= 15 is 0 Å². The fourth-order valence-corrected chi connectivity index (χ4v) is 2.77. The van der Waals surface area contributed by atoms with Crippen molar-refractivity contribution in [2.45, 2.75) is 4.90 Å². The number of carbonyl (C=O) groups excluding carboxylic acids is 1. The highest BCUT2D eigenvalue weighted by atomic mass is 79.9. The quantitative estimate of drug-likeness (QED) is 0.771. The van der Waals surface area contributed by atoms with Crippen LogP contribution in [-0.2, 0) is 4.79 Å². The van der Waals surface area contributed by atoms with Crippen LogP contribution in [0.2, 0.25) is 0 Å². The van der Waals surface area contributed by atoms with Gasteiger partial charge >= 0.3 is 0 Å². The molecule has 6 heteroatoms. The zero-order valence-corrected chi connectivity index (χ0v) is 14.0. The minimum Gasteiger partial charge on any atom is -0.483 e. The Labute approximate surface area is 141 Å². The lowest BCUT2D eigenvalue weighted by molar-refractivity contribution is -0.118. The van der Waals surface area contributed by atoms with Gasteiger partial charge in [0.2, 0.25) is 0 Å². The van der Waals surface area contributed by atoms with Crippen LogP contribution in [0.1, 0.15) is 0 Å². The Morgan fingerprint density at radius 3 is 2.73 bits per heavy atom. The normalized spacial score (nSPS) is 9.82. The van der Waals surface area contributed by atoms with Gasteiger partial charge in [0, 0.05) is 4.90 Å². The molecule has 0 aliphatic rings. The van der Waals surface area contributed by atoms with Gasteiger partial charge in [-0.1, -0.05) is 24.3 Å². The third-order valence-corrected chi connectivity index (χ3v) is 4.24. The van der Waals surface area contributed by atoms with E-state index in [9.17, 15) is 4.79 Å². The summed E-state index contributed by atoms with van der Waals surface area (Å²) < 4.78 is 6.27. The average molecular weight is 377 g/mol. The lowest BCUT2D eigenvalue weighted by Gasteiger charge is -2.11. The van der Waals surface area contributed by atoms with Crippen molar-refractivity contribution in [3.63, 3.8) is 0 Å². The number of thioether (sulfide) groups is 1. The second kappa shape index (κ2) is 8.47. The van der Waals surface area contributed by atoms with Crippen LogP contribution in [0.4, 0.5) is 5.69 Å². The molecule has 0 aliphatic heterocycles. The first-order valence-corrected chi connectivity index (χ1v) is 8.24. The lowest BCUT2D eigenvalue weighted by atomic mass is 10.3. The molecule has 4 nitrogen and oxygen atoms in total. The van der Waals surface area contributed by atoms with Crippen LogP contribution in [0.3, 0.4) is 0 Å². The number of hydrogen-bond acceptors (Lipinski definition) is 4. The Morgan fingerprint density at radius 2 is 1.95 bits per heavy atom. The summed E-state index contributed by atoms with van der Waals surface area (Å²) in [4.78, 5) is 12.9. The highest BCUT2D eigenvalue weighted by molar-refractivity contribution is 9.10. The molecule has 22 heavy (non-hydrogen) atoms. The number of nitrogens with one attached hydrogen (secondary N) is 1. The summed E-state index contributed by atoms with van der Waals surface area (Å²) in [6.45, 7) is -0.0835. The number of anilines is 1. The van der Waals surface area contributed by atoms with Crippen molar-refractivity contribution in [3.05, 3.63) is 53.0 Å². The molecule has 0 fully saturated rings. The number of carbonyl (C=O) groups is 1. The zero-order chi connectivity index (χ0) is 15.8. The fourth-order valence-electron chi connectivity index (χ4n) is 1.70. The lowest BCUT2D eigenvalue weighted by Crippen LogP contribution is -2.20. The maximum atomic E-state index is 12.0. The number of amides is 1. The first kappa shape index (κ1) is 16.4. The molecule has 0 radical (unpaired) electrons. The predicted octanol–water partition coefficient (Wildman–Crippen LogP) is 4.08. The largest absolute Gasteiger partial charge is 0.483 e. The molecule has 0 atom stereocenters. The second-order valence-electron chi connectivity index (χ2n) is 4.21. The molecule has 0 bridgehead atoms. The number of ether oxygens (including phenoxy) is 1. The van der Waals surface area contributed by atoms with E-state index in [1.54, 1.807) is 12.1 Å². The summed E-state index contributed by atoms with van der Waals surface area (Å²) in [7, 11) is 0. The zero-order valence-electron chi connectivity index (χ0n) is 11.6. The molecule has 1 amide bonds. The molecule has 0 aliphatic carbocycles. The van der Waals surface area contributed by atoms with Crippen LogP contribution in [0.25, 0.3) is 0 Å². The number of nitriles is 1. The number of rotatable bonds is 6. The van der Waals surface area contributed by atoms with Gasteiger partial charge in [-0.15, -0.1) is 11.8 Å². The Kier molecular flexibility index (Phi) is 6.31. The summed E-state index contributed by atoms with van der Waals surface area (Å²) in [6.07, 6.45) is 0. The smallest absolute Gasteiger partial charge is 0.262 e. The maximum Gasteiger partial charge on any atom is 0.262 e. The van der Waals surface area contributed by atoms with E-state index in [1.165, 1.54) is 11.8 Å². The minimum atomic E-state index is -0.249. The van der Waals surface area contributed by atoms with Gasteiger partial charge in [0.1, 0.15) is 5.75 Å². The molecule has 0 unspecified atom stereocenters. The van der Waals surface area contributed by atoms with Gasteiger partial charge in [-0.2, -0.15) is 5.26 Å². The van der Waals surface area contributed by atoms with E-state index in [0.29, 0.717) is 17.2 Å². The van der Waals surface area contributed by atoms with Gasteiger partial charge in [-0.05, 0) is 40.2 Å². The van der Waals surface area contributed by atoms with Gasteiger partial charge in [0.15, 0.2) is 6.61 Å². The molecule has 0 heterocycles. The summed E-state index contributed by atoms with van der Waals surface area (Å²) in [5, 5.41) is 11.5. The van der Waals surface area contributed by atoms with Crippen molar-refractivity contribution in [2.75, 3.05) is 17.7 Å². The number of para-hydroxylation sites is 2. The van der Waals surface area contributed by atoms with Crippen LogP contribution in [0.5, 0.6) is 5.75 Å². The SMILES string of the molecule is N#CCSc1ccccc1NC(=O)COc1ccccc1Br. The third-order valence-electron chi connectivity index (χ3n) is 2.65. The first-order valence-electron chi connectivity index (χ1n) is 6.46. The van der Waals surface area contributed by atoms with Gasteiger partial charge in [-0.3, -0.25) is 4.79 Å². The first-order chi connectivity index (χ1) is 10.7. The molecular weight excluding hydrogens is 364 g/mol. The number of halogens is 1. The van der Waals surface area contributed by atoms with Gasteiger partial charge in [-0.25, -0.2) is 0 Å². The Balaban J connectivity index is 1.95. The number of nitrogens with zero attached hydrogens (tertiary/aromatic N) is 1. The van der Waals surface area contributed by atoms with Gasteiger partial charge in [0.25, 0.3) is 5.91 Å². The molecule has 2 rings (SSSR count). The van der Waals surface area contributed by atoms with Crippen molar-refractivity contribution < 1.29 is 9.53 Å². The van der Waals surface area contributed by atoms with Crippen molar-refractivity contribution in [1.29, 1.82) is 5.26 Å². The standard InChI is InChI=1S/C16H13BrN2O2S/c17-12-5-1-3-7-14(12)21-11-16(20)19-13-6-2-4-8-15(13)22-10-9-18/h1-8H,10-11H2,(H,19,20). The fraction of sp³-hybridized carbons (Fsp3) is 0.125. The van der Waals surface area contributed by atoms with Crippen LogP contribution < -0.4 is 10.1 Å². The Morgan fingerprint density at radius 1 is 1.23 bits per heavy atom. The Hall–Kier alpha value is -1.97. The van der Waals surface area contributed by atoms with E-state index in [2.05, 4.69) is 27.3 Å². The molecule has 2 aromatic rings. The average Bonchev–Trinajstić information content (AvgIpc) is 2.53. The summed E-state index contributed by atoms with van der Waals surface area (Å²) in [6, 6.07) is 16.8. The van der Waals surface area contributed by atoms with Gasteiger partial charge < -0.3 is 10.1 Å². The third kappa shape index (κ3) is 4.79. The van der Waals surface area contributed by atoms with E-state index in [4.69, 9.17) is 10.00 Å². The van der Waals surface area contributed by atoms with E-state index in [1.807, 2.05) is 36.4 Å². The molecular formula is C16H13BrN2O2S. The van der Waals surface area contributed by atoms with Crippen LogP contribution in [0.15, 0.2) is 57.9 Å². The van der Waals surface area contributed by atoms with Crippen LogP contribution in [-0.4, -0.2) is 18.3 Å². The molecule has 112 valence electrons. The van der Waals surface area contributed by atoms with Crippen LogP contribution in [0, 0.1) is 11.3 Å². The van der Waals surface area contributed by atoms with E-state index in [-0.39, 0.29) is 12.5 Å². The number of benzene rings is 2. The summed E-state index contributed by atoms with van der Waals surface area (Å²) in [5.74, 6) is 0.700. The molecule has 0 spiro atoms. The molecule has 0 saturated carbocycles. The van der Waals surface area contributed by atoms with Gasteiger partial charge in [0.05, 0.1) is 22.0 Å². The van der Waals surface area contributed by atoms with Crippen LogP contribution >= 0.6 is 27.7 Å². The molecule has 0 aromatic heterocycles. The predicted molar refractivity (Wildman–Crippen MR) is 91.0 cm³/mol. The van der Waals surface area contributed by atoms with Crippen molar-refractivity contribution in [2.24, 2.45) is 0 Å². The highest BCUT2D eigenvalue weighted by Crippen LogP contribution is 2.27.